The van der Waals surface area contributed by atoms with Crippen LogP contribution in [0.15, 0.2) is 21.5 Å². The summed E-state index contributed by atoms with van der Waals surface area (Å²) in [4.78, 5) is 4.09. The van der Waals surface area contributed by atoms with Gasteiger partial charge in [0.25, 0.3) is 0 Å². The quantitative estimate of drug-likeness (QED) is 0.328. The van der Waals surface area contributed by atoms with Gasteiger partial charge in [0.15, 0.2) is 5.96 Å². The first kappa shape index (κ1) is 19.2. The van der Waals surface area contributed by atoms with Crippen LogP contribution in [-0.4, -0.2) is 41.9 Å². The second-order valence-corrected chi connectivity index (χ2v) is 6.04. The monoisotopic (exact) mass is 423 g/mol. The molecule has 0 amide bonds. The molecule has 1 unspecified atom stereocenters. The molecule has 2 rings (SSSR count). The summed E-state index contributed by atoms with van der Waals surface area (Å²) in [5.41, 5.74) is -1.74. The zero-order valence-corrected chi connectivity index (χ0v) is 15.7. The number of hydrogen-bond acceptors (Lipinski definition) is 4. The van der Waals surface area contributed by atoms with Gasteiger partial charge in [-0.15, -0.1) is 24.0 Å². The Kier molecular flexibility index (Phi) is 6.69. The maximum Gasteiger partial charge on any atom is 0.191 e. The predicted octanol–water partition coefficient (Wildman–Crippen LogP) is 1.49. The Bertz CT molecular complexity index is 510. The fourth-order valence-corrected chi connectivity index (χ4v) is 2.30. The molecule has 0 spiro atoms. The number of aliphatic hydroxyl groups is 2. The van der Waals surface area contributed by atoms with Gasteiger partial charge in [-0.1, -0.05) is 0 Å². The van der Waals surface area contributed by atoms with Crippen LogP contribution in [0.2, 0.25) is 0 Å². The van der Waals surface area contributed by atoms with Crippen LogP contribution in [0.4, 0.5) is 0 Å². The lowest BCUT2D eigenvalue weighted by molar-refractivity contribution is -0.0280. The number of hydrogen-bond donors (Lipinski definition) is 4. The second-order valence-electron chi connectivity index (χ2n) is 6.04. The second kappa shape index (κ2) is 7.65. The number of aliphatic imine (C=N–C) groups is 1. The number of aryl methyl sites for hydroxylation is 1. The van der Waals surface area contributed by atoms with Crippen molar-refractivity contribution < 1.29 is 14.6 Å². The summed E-state index contributed by atoms with van der Waals surface area (Å²) in [5, 5.41) is 26.6. The van der Waals surface area contributed by atoms with Crippen LogP contribution in [0.25, 0.3) is 0 Å². The van der Waals surface area contributed by atoms with Crippen LogP contribution < -0.4 is 10.6 Å². The molecule has 22 heavy (non-hydrogen) atoms. The molecular weight excluding hydrogens is 397 g/mol. The third-order valence-corrected chi connectivity index (χ3v) is 3.96. The summed E-state index contributed by atoms with van der Waals surface area (Å²) >= 11 is 0. The van der Waals surface area contributed by atoms with Crippen molar-refractivity contribution in [1.82, 2.24) is 10.6 Å². The first-order valence-corrected chi connectivity index (χ1v) is 7.31. The number of halogens is 1. The van der Waals surface area contributed by atoms with Crippen molar-refractivity contribution in [2.24, 2.45) is 4.99 Å². The van der Waals surface area contributed by atoms with Crippen LogP contribution >= 0.6 is 24.0 Å². The van der Waals surface area contributed by atoms with E-state index in [1.807, 2.05) is 13.0 Å². The molecule has 0 bridgehead atoms. The van der Waals surface area contributed by atoms with Crippen molar-refractivity contribution in [3.63, 3.8) is 0 Å². The highest BCUT2D eigenvalue weighted by Crippen LogP contribution is 2.30. The molecule has 1 heterocycles. The van der Waals surface area contributed by atoms with Gasteiger partial charge in [0.2, 0.25) is 0 Å². The Balaban J connectivity index is 0.00000242. The Morgan fingerprint density at radius 3 is 2.55 bits per heavy atom. The molecule has 1 aromatic heterocycles. The van der Waals surface area contributed by atoms with E-state index in [4.69, 9.17) is 4.42 Å². The highest BCUT2D eigenvalue weighted by Gasteiger charge is 2.34. The molecule has 1 aromatic rings. The van der Waals surface area contributed by atoms with Gasteiger partial charge in [0.1, 0.15) is 17.1 Å². The molecule has 0 saturated heterocycles. The van der Waals surface area contributed by atoms with Crippen molar-refractivity contribution in [2.45, 2.75) is 44.3 Å². The predicted molar refractivity (Wildman–Crippen MR) is 96.6 cm³/mol. The third-order valence-electron chi connectivity index (χ3n) is 3.96. The van der Waals surface area contributed by atoms with E-state index in [0.717, 1.165) is 25.0 Å². The molecule has 1 aliphatic carbocycles. The average molecular weight is 423 g/mol. The largest absolute Gasteiger partial charge is 0.463 e. The van der Waals surface area contributed by atoms with Crippen molar-refractivity contribution in [2.75, 3.05) is 20.1 Å². The van der Waals surface area contributed by atoms with Crippen molar-refractivity contribution in [3.8, 4) is 0 Å². The van der Waals surface area contributed by atoms with E-state index in [9.17, 15) is 10.2 Å². The highest BCUT2D eigenvalue weighted by atomic mass is 127. The number of rotatable bonds is 5. The van der Waals surface area contributed by atoms with Crippen LogP contribution in [-0.2, 0) is 5.60 Å². The molecular formula is C15H26IN3O3. The molecule has 0 radical (unpaired) electrons. The molecule has 6 nitrogen and oxygen atoms in total. The van der Waals surface area contributed by atoms with Crippen LogP contribution in [0.5, 0.6) is 0 Å². The summed E-state index contributed by atoms with van der Waals surface area (Å²) in [6, 6.07) is 3.59. The average Bonchev–Trinajstić information content (AvgIpc) is 2.84. The zero-order valence-electron chi connectivity index (χ0n) is 13.3. The summed E-state index contributed by atoms with van der Waals surface area (Å²) in [6.45, 7) is 4.25. The van der Waals surface area contributed by atoms with Crippen LogP contribution in [0.1, 0.15) is 37.7 Å². The minimum atomic E-state index is -1.13. The van der Waals surface area contributed by atoms with Gasteiger partial charge >= 0.3 is 0 Å². The van der Waals surface area contributed by atoms with Gasteiger partial charge in [-0.05, 0) is 45.2 Å². The molecule has 4 N–H and O–H groups in total. The standard InChI is InChI=1S/C15H25N3O3.HI/c1-11-5-6-12(21-11)14(2,19)9-17-13(16-3)18-10-15(20)7-4-8-15;/h5-6,19-20H,4,7-10H2,1-3H3,(H2,16,17,18);1H. The summed E-state index contributed by atoms with van der Waals surface area (Å²) < 4.78 is 5.46. The molecule has 1 saturated carbocycles. The molecule has 7 heteroatoms. The van der Waals surface area contributed by atoms with Crippen molar-refractivity contribution in [3.05, 3.63) is 23.7 Å². The van der Waals surface area contributed by atoms with E-state index < -0.39 is 11.2 Å². The third kappa shape index (κ3) is 4.85. The van der Waals surface area contributed by atoms with E-state index in [0.29, 0.717) is 18.3 Å². The molecule has 1 atom stereocenters. The van der Waals surface area contributed by atoms with Gasteiger partial charge in [-0.3, -0.25) is 4.99 Å². The summed E-state index contributed by atoms with van der Waals surface area (Å²) in [7, 11) is 1.66. The molecule has 0 aromatic carbocycles. The fourth-order valence-electron chi connectivity index (χ4n) is 2.30. The molecule has 1 fully saturated rings. The smallest absolute Gasteiger partial charge is 0.191 e. The minimum absolute atomic E-state index is 0. The Morgan fingerprint density at radius 2 is 2.09 bits per heavy atom. The first-order chi connectivity index (χ1) is 9.85. The van der Waals surface area contributed by atoms with Gasteiger partial charge in [0.05, 0.1) is 12.1 Å². The number of nitrogens with one attached hydrogen (secondary N) is 2. The van der Waals surface area contributed by atoms with E-state index in [2.05, 4.69) is 15.6 Å². The van der Waals surface area contributed by atoms with Crippen LogP contribution in [0, 0.1) is 6.92 Å². The lowest BCUT2D eigenvalue weighted by Crippen LogP contribution is -2.52. The van der Waals surface area contributed by atoms with E-state index in [1.54, 1.807) is 20.0 Å². The Morgan fingerprint density at radius 1 is 1.41 bits per heavy atom. The summed E-state index contributed by atoms with van der Waals surface area (Å²) in [5.74, 6) is 1.83. The first-order valence-electron chi connectivity index (χ1n) is 7.31. The fraction of sp³-hybridized carbons (Fsp3) is 0.667. The molecule has 0 aliphatic heterocycles. The van der Waals surface area contributed by atoms with Crippen molar-refractivity contribution >= 4 is 29.9 Å². The molecule has 1 aliphatic rings. The normalized spacial score (nSPS) is 19.6. The lowest BCUT2D eigenvalue weighted by Gasteiger charge is -2.37. The number of furan rings is 1. The SMILES string of the molecule is CN=C(NCC1(O)CCC1)NCC(C)(O)c1ccc(C)o1.I. The van der Waals surface area contributed by atoms with Gasteiger partial charge in [0, 0.05) is 13.6 Å². The van der Waals surface area contributed by atoms with Gasteiger partial charge in [-0.25, -0.2) is 0 Å². The molecule has 126 valence electrons. The highest BCUT2D eigenvalue weighted by molar-refractivity contribution is 14.0. The Hall–Kier alpha value is -0.800. The number of guanidine groups is 1. The van der Waals surface area contributed by atoms with Crippen LogP contribution in [0.3, 0.4) is 0 Å². The van der Waals surface area contributed by atoms with E-state index >= 15 is 0 Å². The lowest BCUT2D eigenvalue weighted by atomic mass is 9.80. The van der Waals surface area contributed by atoms with E-state index in [1.165, 1.54) is 0 Å². The van der Waals surface area contributed by atoms with Gasteiger partial charge < -0.3 is 25.3 Å². The summed E-state index contributed by atoms with van der Waals surface area (Å²) in [6.07, 6.45) is 2.71. The maximum absolute atomic E-state index is 10.4. The Labute approximate surface area is 148 Å². The van der Waals surface area contributed by atoms with Crippen molar-refractivity contribution in [1.29, 1.82) is 0 Å². The van der Waals surface area contributed by atoms with E-state index in [-0.39, 0.29) is 30.5 Å². The maximum atomic E-state index is 10.4. The topological polar surface area (TPSA) is 90.0 Å². The minimum Gasteiger partial charge on any atom is -0.463 e. The zero-order chi connectivity index (χ0) is 15.5. The number of nitrogens with zero attached hydrogens (tertiary/aromatic N) is 1. The van der Waals surface area contributed by atoms with Gasteiger partial charge in [-0.2, -0.15) is 0 Å².